The molecule has 2 heterocycles. The third kappa shape index (κ3) is 4.54. The summed E-state index contributed by atoms with van der Waals surface area (Å²) in [6, 6.07) is 7.37. The van der Waals surface area contributed by atoms with E-state index in [-0.39, 0.29) is 22.3 Å². The zero-order valence-corrected chi connectivity index (χ0v) is 16.9. The average molecular weight is 413 g/mol. The molecule has 1 aromatic carbocycles. The van der Waals surface area contributed by atoms with E-state index in [9.17, 15) is 14.4 Å². The minimum Gasteiger partial charge on any atom is -0.466 e. The molecule has 1 saturated heterocycles. The summed E-state index contributed by atoms with van der Waals surface area (Å²) in [7, 11) is 1.23. The van der Waals surface area contributed by atoms with E-state index in [4.69, 9.17) is 0 Å². The van der Waals surface area contributed by atoms with E-state index in [2.05, 4.69) is 25.0 Å². The van der Waals surface area contributed by atoms with Crippen molar-refractivity contribution in [1.29, 1.82) is 0 Å². The molecule has 0 saturated carbocycles. The lowest BCUT2D eigenvalue weighted by Crippen LogP contribution is -2.28. The molecule has 1 aromatic heterocycles. The fraction of sp³-hybridized carbons (Fsp3) is 0.211. The number of likely N-dealkylation sites (N-methyl/N-ethyl adjacent to an activating group) is 1. The molecule has 10 heteroatoms. The van der Waals surface area contributed by atoms with E-state index in [0.717, 1.165) is 23.4 Å². The maximum atomic E-state index is 12.6. The van der Waals surface area contributed by atoms with Gasteiger partial charge in [0, 0.05) is 18.3 Å². The SMILES string of the molecule is CCN1C(=O)/C(=C\C(=O)OC)S/C1=N/c1nc[nH]c1C(=O)Nc1ccc(C)cc1. The van der Waals surface area contributed by atoms with Crippen LogP contribution in [0.5, 0.6) is 0 Å². The van der Waals surface area contributed by atoms with Crippen molar-refractivity contribution >= 4 is 46.2 Å². The van der Waals surface area contributed by atoms with Crippen molar-refractivity contribution < 1.29 is 19.1 Å². The fourth-order valence-electron chi connectivity index (χ4n) is 2.50. The second-order valence-electron chi connectivity index (χ2n) is 6.00. The van der Waals surface area contributed by atoms with E-state index < -0.39 is 11.9 Å². The molecule has 3 rings (SSSR count). The lowest BCUT2D eigenvalue weighted by molar-refractivity contribution is -0.135. The number of nitrogens with one attached hydrogen (secondary N) is 2. The van der Waals surface area contributed by atoms with Crippen LogP contribution >= 0.6 is 11.8 Å². The third-order valence-electron chi connectivity index (χ3n) is 4.01. The van der Waals surface area contributed by atoms with Crippen molar-refractivity contribution in [2.24, 2.45) is 4.99 Å². The summed E-state index contributed by atoms with van der Waals surface area (Å²) in [4.78, 5) is 49.4. The first-order valence-electron chi connectivity index (χ1n) is 8.72. The number of imidazole rings is 1. The van der Waals surface area contributed by atoms with Gasteiger partial charge in [0.1, 0.15) is 0 Å². The van der Waals surface area contributed by atoms with Gasteiger partial charge in [-0.25, -0.2) is 14.8 Å². The highest BCUT2D eigenvalue weighted by molar-refractivity contribution is 8.18. The van der Waals surface area contributed by atoms with Gasteiger partial charge in [0.2, 0.25) is 0 Å². The Balaban J connectivity index is 1.85. The van der Waals surface area contributed by atoms with Gasteiger partial charge in [0.25, 0.3) is 11.8 Å². The number of esters is 1. The zero-order chi connectivity index (χ0) is 21.0. The Kier molecular flexibility index (Phi) is 6.13. The molecule has 1 aliphatic rings. The van der Waals surface area contributed by atoms with Crippen molar-refractivity contribution in [3.05, 3.63) is 52.8 Å². The number of carbonyl (C=O) groups is 3. The largest absolute Gasteiger partial charge is 0.466 e. The standard InChI is InChI=1S/C19H19N5O4S/c1-4-24-18(27)13(9-14(25)28-3)29-19(24)23-16-15(20-10-21-16)17(26)22-12-7-5-11(2)6-8-12/h5-10H,4H2,1-3H3,(H,20,21)(H,22,26)/b13-9+,23-19+. The van der Waals surface area contributed by atoms with Crippen LogP contribution in [0.1, 0.15) is 23.0 Å². The summed E-state index contributed by atoms with van der Waals surface area (Å²) >= 11 is 1.02. The Morgan fingerprint density at radius 1 is 1.34 bits per heavy atom. The number of hydrogen-bond acceptors (Lipinski definition) is 7. The second kappa shape index (κ2) is 8.74. The molecule has 1 aliphatic heterocycles. The van der Waals surface area contributed by atoms with Gasteiger partial charge < -0.3 is 15.0 Å². The molecule has 0 spiro atoms. The maximum Gasteiger partial charge on any atom is 0.331 e. The van der Waals surface area contributed by atoms with Crippen LogP contribution < -0.4 is 5.32 Å². The zero-order valence-electron chi connectivity index (χ0n) is 16.1. The Bertz CT molecular complexity index is 1010. The number of thioether (sulfide) groups is 1. The molecule has 0 unspecified atom stereocenters. The summed E-state index contributed by atoms with van der Waals surface area (Å²) in [6.45, 7) is 4.08. The first kappa shape index (κ1) is 20.3. The molecule has 2 aromatic rings. The van der Waals surface area contributed by atoms with Crippen LogP contribution in [-0.4, -0.2) is 51.5 Å². The molecule has 150 valence electrons. The number of nitrogens with zero attached hydrogens (tertiary/aromatic N) is 3. The molecule has 1 fully saturated rings. The van der Waals surface area contributed by atoms with E-state index in [1.165, 1.54) is 18.3 Å². The highest BCUT2D eigenvalue weighted by Crippen LogP contribution is 2.32. The van der Waals surface area contributed by atoms with Crippen LogP contribution in [0, 0.1) is 6.92 Å². The van der Waals surface area contributed by atoms with E-state index >= 15 is 0 Å². The van der Waals surface area contributed by atoms with Gasteiger partial charge in [-0.2, -0.15) is 0 Å². The van der Waals surface area contributed by atoms with Crippen molar-refractivity contribution in [3.63, 3.8) is 0 Å². The van der Waals surface area contributed by atoms with Crippen molar-refractivity contribution in [1.82, 2.24) is 14.9 Å². The number of ether oxygens (including phenoxy) is 1. The van der Waals surface area contributed by atoms with Gasteiger partial charge in [-0.1, -0.05) is 17.7 Å². The van der Waals surface area contributed by atoms with E-state index in [1.54, 1.807) is 19.1 Å². The van der Waals surface area contributed by atoms with Crippen molar-refractivity contribution in [2.45, 2.75) is 13.8 Å². The normalized spacial score (nSPS) is 16.5. The Hall–Kier alpha value is -3.40. The molecular formula is C19H19N5O4S. The number of aromatic amines is 1. The van der Waals surface area contributed by atoms with Crippen LogP contribution in [-0.2, 0) is 14.3 Å². The van der Waals surface area contributed by atoms with Crippen molar-refractivity contribution in [2.75, 3.05) is 19.0 Å². The predicted molar refractivity (Wildman–Crippen MR) is 110 cm³/mol. The molecule has 29 heavy (non-hydrogen) atoms. The number of hydrogen-bond donors (Lipinski definition) is 2. The lowest BCUT2D eigenvalue weighted by Gasteiger charge is -2.11. The van der Waals surface area contributed by atoms with Crippen LogP contribution in [0.2, 0.25) is 0 Å². The number of aryl methyl sites for hydroxylation is 1. The number of rotatable bonds is 5. The number of methoxy groups -OCH3 is 1. The molecule has 0 radical (unpaired) electrons. The summed E-state index contributed by atoms with van der Waals surface area (Å²) in [5.41, 5.74) is 1.88. The lowest BCUT2D eigenvalue weighted by atomic mass is 10.2. The van der Waals surface area contributed by atoms with Gasteiger partial charge in [-0.15, -0.1) is 0 Å². The second-order valence-corrected chi connectivity index (χ2v) is 7.01. The predicted octanol–water partition coefficient (Wildman–Crippen LogP) is 2.61. The van der Waals surface area contributed by atoms with Gasteiger partial charge in [-0.3, -0.25) is 14.5 Å². The van der Waals surface area contributed by atoms with Gasteiger partial charge >= 0.3 is 5.97 Å². The van der Waals surface area contributed by atoms with E-state index in [1.807, 2.05) is 19.1 Å². The highest BCUT2D eigenvalue weighted by Gasteiger charge is 2.33. The topological polar surface area (TPSA) is 117 Å². The molecule has 0 aliphatic carbocycles. The van der Waals surface area contributed by atoms with E-state index in [0.29, 0.717) is 17.4 Å². The third-order valence-corrected chi connectivity index (χ3v) is 5.02. The summed E-state index contributed by atoms with van der Waals surface area (Å²) in [5.74, 6) is -1.25. The Labute approximate surface area is 171 Å². The molecule has 0 bridgehead atoms. The first-order chi connectivity index (χ1) is 13.9. The summed E-state index contributed by atoms with van der Waals surface area (Å²) in [5, 5.41) is 3.10. The average Bonchev–Trinajstić information content (AvgIpc) is 3.28. The number of anilines is 1. The minimum absolute atomic E-state index is 0.141. The quantitative estimate of drug-likeness (QED) is 0.575. The Morgan fingerprint density at radius 2 is 2.07 bits per heavy atom. The number of benzene rings is 1. The van der Waals surface area contributed by atoms with Crippen LogP contribution in [0.4, 0.5) is 11.5 Å². The molecule has 9 nitrogen and oxygen atoms in total. The summed E-state index contributed by atoms with van der Waals surface area (Å²) in [6.07, 6.45) is 2.47. The maximum absolute atomic E-state index is 12.6. The van der Waals surface area contributed by atoms with Crippen LogP contribution in [0.25, 0.3) is 0 Å². The van der Waals surface area contributed by atoms with Crippen LogP contribution in [0.15, 0.2) is 46.6 Å². The van der Waals surface area contributed by atoms with Crippen molar-refractivity contribution in [3.8, 4) is 0 Å². The molecular weight excluding hydrogens is 394 g/mol. The number of carbonyl (C=O) groups excluding carboxylic acids is 3. The Morgan fingerprint density at radius 3 is 2.72 bits per heavy atom. The number of amides is 2. The van der Waals surface area contributed by atoms with Gasteiger partial charge in [0.05, 0.1) is 18.3 Å². The monoisotopic (exact) mass is 413 g/mol. The molecule has 2 N–H and O–H groups in total. The fourth-order valence-corrected chi connectivity index (χ4v) is 3.50. The molecule has 0 atom stereocenters. The number of amidine groups is 1. The van der Waals surface area contributed by atoms with Crippen LogP contribution in [0.3, 0.4) is 0 Å². The first-order valence-corrected chi connectivity index (χ1v) is 9.54. The summed E-state index contributed by atoms with van der Waals surface area (Å²) < 4.78 is 4.58. The smallest absolute Gasteiger partial charge is 0.331 e. The number of H-pyrrole nitrogens is 1. The number of aromatic nitrogens is 2. The molecule has 2 amide bonds. The number of aliphatic imine (C=N–C) groups is 1. The highest BCUT2D eigenvalue weighted by atomic mass is 32.2. The minimum atomic E-state index is -0.629. The van der Waals surface area contributed by atoms with Gasteiger partial charge in [-0.05, 0) is 37.7 Å². The van der Waals surface area contributed by atoms with Gasteiger partial charge in [0.15, 0.2) is 16.7 Å².